The maximum absolute atomic E-state index is 11.7. The lowest BCUT2D eigenvalue weighted by atomic mass is 9.92. The minimum absolute atomic E-state index is 0.281. The molecule has 0 aromatic carbocycles. The molecule has 0 heterocycles. The van der Waals surface area contributed by atoms with Crippen molar-refractivity contribution in [3.05, 3.63) is 23.3 Å². The molecule has 0 bridgehead atoms. The van der Waals surface area contributed by atoms with Gasteiger partial charge in [-0.1, -0.05) is 6.08 Å². The van der Waals surface area contributed by atoms with Gasteiger partial charge in [-0.05, 0) is 6.42 Å². The fourth-order valence-corrected chi connectivity index (χ4v) is 0.772. The van der Waals surface area contributed by atoms with Gasteiger partial charge in [-0.25, -0.2) is 0 Å². The molecule has 0 N–H and O–H groups in total. The molecule has 0 atom stereocenters. The Labute approximate surface area is 59.0 Å². The van der Waals surface area contributed by atoms with Crippen molar-refractivity contribution in [1.82, 2.24) is 0 Å². The van der Waals surface area contributed by atoms with Gasteiger partial charge < -0.3 is 0 Å². The molecule has 0 saturated heterocycles. The minimum atomic E-state index is -4.63. The Kier molecular flexibility index (Phi) is 1.74. The maximum atomic E-state index is 11.7. The van der Waals surface area contributed by atoms with E-state index >= 15 is 0 Å². The van der Waals surface area contributed by atoms with Crippen LogP contribution in [0.1, 0.15) is 6.42 Å². The fraction of sp³-hybridized carbons (Fsp3) is 0.333. The lowest BCUT2D eigenvalue weighted by Gasteiger charge is -2.20. The summed E-state index contributed by atoms with van der Waals surface area (Å²) in [6.07, 6.45) is -6.40. The van der Waals surface area contributed by atoms with Crippen molar-refractivity contribution in [3.63, 3.8) is 0 Å². The van der Waals surface area contributed by atoms with Crippen molar-refractivity contribution in [2.24, 2.45) is 0 Å². The van der Waals surface area contributed by atoms with Gasteiger partial charge in [0.1, 0.15) is 0 Å². The Morgan fingerprint density at radius 3 is 1.91 bits per heavy atom. The first-order valence-corrected chi connectivity index (χ1v) is 2.75. The smallest absolute Gasteiger partial charge is 0.173 e. The second-order valence-corrected chi connectivity index (χ2v) is 2.06. The zero-order valence-corrected chi connectivity index (χ0v) is 5.17. The van der Waals surface area contributed by atoms with Crippen LogP contribution in [0.2, 0.25) is 0 Å². The van der Waals surface area contributed by atoms with Crippen LogP contribution in [0.5, 0.6) is 0 Å². The van der Waals surface area contributed by atoms with Gasteiger partial charge >= 0.3 is 6.18 Å². The van der Waals surface area contributed by atoms with E-state index in [0.717, 1.165) is 6.08 Å². The summed E-state index contributed by atoms with van der Waals surface area (Å²) in [5.41, 5.74) is -2.07. The number of alkyl halides is 3. The topological polar surface area (TPSA) is 0 Å². The number of halogens is 5. The van der Waals surface area contributed by atoms with Crippen molar-refractivity contribution in [1.29, 1.82) is 0 Å². The van der Waals surface area contributed by atoms with Gasteiger partial charge in [0, 0.05) is 5.57 Å². The summed E-state index contributed by atoms with van der Waals surface area (Å²) >= 11 is 0. The Balaban J connectivity index is 2.89. The van der Waals surface area contributed by atoms with E-state index in [4.69, 9.17) is 0 Å². The second kappa shape index (κ2) is 2.32. The molecule has 11 heavy (non-hydrogen) atoms. The van der Waals surface area contributed by atoms with Gasteiger partial charge in [0.05, 0.1) is 5.57 Å². The van der Waals surface area contributed by atoms with E-state index in [1.165, 1.54) is 0 Å². The van der Waals surface area contributed by atoms with Crippen LogP contribution >= 0.6 is 0 Å². The fourth-order valence-electron chi connectivity index (χ4n) is 0.772. The quantitative estimate of drug-likeness (QED) is 0.490. The van der Waals surface area contributed by atoms with Crippen molar-refractivity contribution in [2.45, 2.75) is 12.6 Å². The zero-order chi connectivity index (χ0) is 8.65. The first-order chi connectivity index (χ1) is 4.93. The molecule has 1 rings (SSSR count). The zero-order valence-electron chi connectivity index (χ0n) is 5.17. The van der Waals surface area contributed by atoms with Crippen LogP contribution in [-0.4, -0.2) is 6.18 Å². The van der Waals surface area contributed by atoms with E-state index in [1.807, 2.05) is 0 Å². The molecule has 5 heteroatoms. The summed E-state index contributed by atoms with van der Waals surface area (Å²) in [4.78, 5) is 0. The van der Waals surface area contributed by atoms with E-state index < -0.39 is 23.4 Å². The van der Waals surface area contributed by atoms with Gasteiger partial charge in [-0.15, -0.1) is 0 Å². The molecule has 1 aliphatic rings. The Bertz CT molecular complexity index is 228. The molecule has 62 valence electrons. The lowest BCUT2D eigenvalue weighted by Crippen LogP contribution is -2.19. The van der Waals surface area contributed by atoms with Crippen LogP contribution in [0.3, 0.4) is 0 Å². The van der Waals surface area contributed by atoms with Crippen molar-refractivity contribution in [2.75, 3.05) is 0 Å². The standard InChI is InChI=1S/C6H3F5/c7-5(8)3-1-2-4(3)6(9,10)11/h2H,1H2. The highest BCUT2D eigenvalue weighted by Crippen LogP contribution is 2.41. The normalized spacial score (nSPS) is 17.5. The second-order valence-electron chi connectivity index (χ2n) is 2.06. The summed E-state index contributed by atoms with van der Waals surface area (Å²) < 4.78 is 58.2. The molecular weight excluding hydrogens is 167 g/mol. The molecule has 0 aromatic heterocycles. The van der Waals surface area contributed by atoms with Gasteiger partial charge in [-0.3, -0.25) is 0 Å². The number of rotatable bonds is 0. The van der Waals surface area contributed by atoms with Gasteiger partial charge in [-0.2, -0.15) is 22.0 Å². The van der Waals surface area contributed by atoms with E-state index in [1.54, 1.807) is 0 Å². The molecule has 0 fully saturated rings. The highest BCUT2D eigenvalue weighted by Gasteiger charge is 2.41. The summed E-state index contributed by atoms with van der Waals surface area (Å²) in [5.74, 6) is 0. The molecular formula is C6H3F5. The Morgan fingerprint density at radius 1 is 1.27 bits per heavy atom. The van der Waals surface area contributed by atoms with Gasteiger partial charge in [0.25, 0.3) is 6.08 Å². The highest BCUT2D eigenvalue weighted by molar-refractivity contribution is 5.45. The predicted octanol–water partition coefficient (Wildman–Crippen LogP) is 3.03. The molecule has 0 amide bonds. The van der Waals surface area contributed by atoms with Crippen LogP contribution in [0, 0.1) is 0 Å². The summed E-state index contributed by atoms with van der Waals surface area (Å²) in [6, 6.07) is 0. The molecule has 1 aliphatic carbocycles. The van der Waals surface area contributed by atoms with E-state index in [9.17, 15) is 22.0 Å². The Morgan fingerprint density at radius 2 is 1.82 bits per heavy atom. The largest absolute Gasteiger partial charge is 0.416 e. The van der Waals surface area contributed by atoms with Crippen LogP contribution < -0.4 is 0 Å². The van der Waals surface area contributed by atoms with Crippen LogP contribution in [0.4, 0.5) is 22.0 Å². The van der Waals surface area contributed by atoms with Crippen molar-refractivity contribution in [3.8, 4) is 0 Å². The molecule has 0 radical (unpaired) electrons. The maximum Gasteiger partial charge on any atom is 0.416 e. The third-order valence-electron chi connectivity index (χ3n) is 1.37. The third kappa shape index (κ3) is 1.41. The van der Waals surface area contributed by atoms with Gasteiger partial charge in [0.15, 0.2) is 0 Å². The van der Waals surface area contributed by atoms with Gasteiger partial charge in [0.2, 0.25) is 0 Å². The molecule has 0 unspecified atom stereocenters. The molecule has 0 aromatic rings. The van der Waals surface area contributed by atoms with Crippen LogP contribution in [0.15, 0.2) is 23.3 Å². The summed E-state index contributed by atoms with van der Waals surface area (Å²) in [5, 5.41) is 0. The van der Waals surface area contributed by atoms with Crippen molar-refractivity contribution < 1.29 is 22.0 Å². The summed E-state index contributed by atoms with van der Waals surface area (Å²) in [7, 11) is 0. The first kappa shape index (κ1) is 8.23. The average Bonchev–Trinajstić information content (AvgIpc) is 1.51. The molecule has 0 aliphatic heterocycles. The number of allylic oxidation sites excluding steroid dienone is 3. The predicted molar refractivity (Wildman–Crippen MR) is 28.0 cm³/mol. The SMILES string of the molecule is FC(F)=C1CC=C1C(F)(F)F. The highest BCUT2D eigenvalue weighted by atomic mass is 19.4. The van der Waals surface area contributed by atoms with E-state index in [2.05, 4.69) is 0 Å². The average molecular weight is 170 g/mol. The Hall–Kier alpha value is -0.870. The van der Waals surface area contributed by atoms with Crippen LogP contribution in [-0.2, 0) is 0 Å². The molecule has 0 nitrogen and oxygen atoms in total. The van der Waals surface area contributed by atoms with Crippen LogP contribution in [0.25, 0.3) is 0 Å². The van der Waals surface area contributed by atoms with Crippen molar-refractivity contribution >= 4 is 0 Å². The summed E-state index contributed by atoms with van der Waals surface area (Å²) in [6.45, 7) is 0. The van der Waals surface area contributed by atoms with E-state index in [0.29, 0.717) is 0 Å². The first-order valence-electron chi connectivity index (χ1n) is 2.75. The number of hydrogen-bond acceptors (Lipinski definition) is 0. The van der Waals surface area contributed by atoms with E-state index in [-0.39, 0.29) is 6.42 Å². The molecule has 0 spiro atoms. The lowest BCUT2D eigenvalue weighted by molar-refractivity contribution is -0.0920. The number of hydrogen-bond donors (Lipinski definition) is 0. The monoisotopic (exact) mass is 170 g/mol. The third-order valence-corrected chi connectivity index (χ3v) is 1.37. The minimum Gasteiger partial charge on any atom is -0.173 e. The molecule has 0 saturated carbocycles.